The predicted molar refractivity (Wildman–Crippen MR) is 87.6 cm³/mol. The van der Waals surface area contributed by atoms with E-state index < -0.39 is 9.84 Å². The van der Waals surface area contributed by atoms with Crippen LogP contribution in [0.15, 0.2) is 24.3 Å². The molecule has 0 spiro atoms. The third-order valence-electron chi connectivity index (χ3n) is 4.01. The van der Waals surface area contributed by atoms with Gasteiger partial charge in [0.2, 0.25) is 5.91 Å². The zero-order valence-electron chi connectivity index (χ0n) is 13.5. The van der Waals surface area contributed by atoms with Crippen molar-refractivity contribution in [3.8, 4) is 11.5 Å². The summed E-state index contributed by atoms with van der Waals surface area (Å²) in [4.78, 5) is 13.7. The first-order valence-corrected chi connectivity index (χ1v) is 9.46. The van der Waals surface area contributed by atoms with E-state index in [1.54, 1.807) is 19.1 Å². The Morgan fingerprint density at radius 1 is 1.26 bits per heavy atom. The number of hydrogen-bond donors (Lipinski definition) is 0. The minimum Gasteiger partial charge on any atom is -0.497 e. The summed E-state index contributed by atoms with van der Waals surface area (Å²) in [5.41, 5.74) is 0. The molecule has 1 aromatic rings. The van der Waals surface area contributed by atoms with Crippen LogP contribution in [0.3, 0.4) is 0 Å². The highest BCUT2D eigenvalue weighted by Crippen LogP contribution is 2.19. The number of rotatable bonds is 7. The maximum absolute atomic E-state index is 12.1. The number of nitrogens with zero attached hydrogens (tertiary/aromatic N) is 1. The third-order valence-corrected chi connectivity index (χ3v) is 5.76. The number of sulfone groups is 1. The summed E-state index contributed by atoms with van der Waals surface area (Å²) in [6.07, 6.45) is 1.48. The smallest absolute Gasteiger partial charge is 0.222 e. The molecule has 1 atom stereocenters. The minimum absolute atomic E-state index is 0.0366. The van der Waals surface area contributed by atoms with Gasteiger partial charge in [0.15, 0.2) is 9.84 Å². The fraction of sp³-hybridized carbons (Fsp3) is 0.562. The van der Waals surface area contributed by atoms with E-state index in [0.717, 1.165) is 11.5 Å². The highest BCUT2D eigenvalue weighted by Gasteiger charge is 2.32. The van der Waals surface area contributed by atoms with Crippen LogP contribution in [0.1, 0.15) is 19.3 Å². The number of methoxy groups -OCH3 is 1. The molecule has 0 aliphatic carbocycles. The summed E-state index contributed by atoms with van der Waals surface area (Å²) in [5.74, 6) is 1.72. The number of carbonyl (C=O) groups is 1. The first-order valence-electron chi connectivity index (χ1n) is 7.64. The standard InChI is InChI=1S/C16H23NO5S/c1-17(13-9-11-23(19,20)12-13)16(18)4-3-10-22-15-7-5-14(21-2)6-8-15/h5-8,13H,3-4,9-12H2,1-2H3/t13-/m0/s1. The van der Waals surface area contributed by atoms with Crippen molar-refractivity contribution in [2.45, 2.75) is 25.3 Å². The monoisotopic (exact) mass is 341 g/mol. The predicted octanol–water partition coefficient (Wildman–Crippen LogP) is 1.50. The molecule has 23 heavy (non-hydrogen) atoms. The van der Waals surface area contributed by atoms with E-state index in [2.05, 4.69) is 0 Å². The average Bonchev–Trinajstić information content (AvgIpc) is 2.91. The van der Waals surface area contributed by atoms with Crippen LogP contribution in [-0.2, 0) is 14.6 Å². The molecule has 0 radical (unpaired) electrons. The summed E-state index contributed by atoms with van der Waals surface area (Å²) >= 11 is 0. The van der Waals surface area contributed by atoms with Crippen LogP contribution in [-0.4, -0.2) is 57.5 Å². The van der Waals surface area contributed by atoms with Gasteiger partial charge in [0.05, 0.1) is 25.2 Å². The van der Waals surface area contributed by atoms with Crippen LogP contribution in [0.25, 0.3) is 0 Å². The van der Waals surface area contributed by atoms with Gasteiger partial charge in [-0.2, -0.15) is 0 Å². The number of amides is 1. The van der Waals surface area contributed by atoms with Gasteiger partial charge in [-0.05, 0) is 37.1 Å². The second-order valence-electron chi connectivity index (χ2n) is 5.69. The van der Waals surface area contributed by atoms with Crippen molar-refractivity contribution in [1.82, 2.24) is 4.90 Å². The lowest BCUT2D eigenvalue weighted by Crippen LogP contribution is -2.37. The van der Waals surface area contributed by atoms with E-state index in [0.29, 0.717) is 25.9 Å². The fourth-order valence-corrected chi connectivity index (χ4v) is 4.32. The van der Waals surface area contributed by atoms with Gasteiger partial charge in [-0.3, -0.25) is 4.79 Å². The lowest BCUT2D eigenvalue weighted by atomic mass is 10.2. The van der Waals surface area contributed by atoms with Crippen LogP contribution in [0.4, 0.5) is 0 Å². The van der Waals surface area contributed by atoms with Crippen LogP contribution < -0.4 is 9.47 Å². The van der Waals surface area contributed by atoms with Crippen LogP contribution >= 0.6 is 0 Å². The molecule has 1 heterocycles. The van der Waals surface area contributed by atoms with Crippen molar-refractivity contribution in [3.05, 3.63) is 24.3 Å². The Morgan fingerprint density at radius 2 is 1.91 bits per heavy atom. The zero-order chi connectivity index (χ0) is 16.9. The Hall–Kier alpha value is -1.76. The molecular weight excluding hydrogens is 318 g/mol. The zero-order valence-corrected chi connectivity index (χ0v) is 14.3. The topological polar surface area (TPSA) is 72.9 Å². The first kappa shape index (κ1) is 17.6. The molecule has 1 aliphatic heterocycles. The molecule has 1 aliphatic rings. The quantitative estimate of drug-likeness (QED) is 0.703. The summed E-state index contributed by atoms with van der Waals surface area (Å²) in [6.45, 7) is 0.439. The molecule has 6 nitrogen and oxygen atoms in total. The van der Waals surface area contributed by atoms with Crippen LogP contribution in [0, 0.1) is 0 Å². The molecule has 0 saturated carbocycles. The molecular formula is C16H23NO5S. The van der Waals surface area contributed by atoms with E-state index >= 15 is 0 Å². The van der Waals surface area contributed by atoms with Crippen molar-refractivity contribution in [1.29, 1.82) is 0 Å². The van der Waals surface area contributed by atoms with E-state index in [-0.39, 0.29) is 23.5 Å². The van der Waals surface area contributed by atoms with Gasteiger partial charge in [-0.25, -0.2) is 8.42 Å². The highest BCUT2D eigenvalue weighted by molar-refractivity contribution is 7.91. The molecule has 0 N–H and O–H groups in total. The molecule has 7 heteroatoms. The Kier molecular flexibility index (Phi) is 5.87. The van der Waals surface area contributed by atoms with Gasteiger partial charge in [0, 0.05) is 19.5 Å². The first-order chi connectivity index (χ1) is 10.9. The maximum Gasteiger partial charge on any atom is 0.222 e. The lowest BCUT2D eigenvalue weighted by Gasteiger charge is -2.23. The fourth-order valence-electron chi connectivity index (χ4n) is 2.55. The number of carbonyl (C=O) groups excluding carboxylic acids is 1. The second-order valence-corrected chi connectivity index (χ2v) is 7.92. The van der Waals surface area contributed by atoms with Crippen molar-refractivity contribution >= 4 is 15.7 Å². The van der Waals surface area contributed by atoms with Crippen molar-refractivity contribution in [3.63, 3.8) is 0 Å². The van der Waals surface area contributed by atoms with E-state index in [9.17, 15) is 13.2 Å². The molecule has 1 aromatic carbocycles. The van der Waals surface area contributed by atoms with E-state index in [1.165, 1.54) is 0 Å². The molecule has 0 bridgehead atoms. The van der Waals surface area contributed by atoms with Crippen molar-refractivity contribution in [2.24, 2.45) is 0 Å². The van der Waals surface area contributed by atoms with Gasteiger partial charge in [-0.15, -0.1) is 0 Å². The van der Waals surface area contributed by atoms with Gasteiger partial charge in [0.1, 0.15) is 11.5 Å². The average molecular weight is 341 g/mol. The minimum atomic E-state index is -2.97. The van der Waals surface area contributed by atoms with Crippen LogP contribution in [0.5, 0.6) is 11.5 Å². The normalized spacial score (nSPS) is 19.3. The second kappa shape index (κ2) is 7.68. The summed E-state index contributed by atoms with van der Waals surface area (Å²) in [6, 6.07) is 7.07. The Labute approximate surface area is 137 Å². The van der Waals surface area contributed by atoms with E-state index in [1.807, 2.05) is 24.3 Å². The number of hydrogen-bond acceptors (Lipinski definition) is 5. The molecule has 0 unspecified atom stereocenters. The molecule has 1 fully saturated rings. The van der Waals surface area contributed by atoms with Gasteiger partial charge >= 0.3 is 0 Å². The summed E-state index contributed by atoms with van der Waals surface area (Å²) in [5, 5.41) is 0. The number of benzene rings is 1. The Morgan fingerprint density at radius 3 is 2.48 bits per heavy atom. The molecule has 1 saturated heterocycles. The SMILES string of the molecule is COc1ccc(OCCCC(=O)N(C)[C@H]2CCS(=O)(=O)C2)cc1. The molecule has 1 amide bonds. The van der Waals surface area contributed by atoms with Gasteiger partial charge in [-0.1, -0.05) is 0 Å². The van der Waals surface area contributed by atoms with Gasteiger partial charge < -0.3 is 14.4 Å². The Balaban J connectivity index is 1.70. The number of ether oxygens (including phenoxy) is 2. The summed E-state index contributed by atoms with van der Waals surface area (Å²) < 4.78 is 33.6. The van der Waals surface area contributed by atoms with Crippen molar-refractivity contribution in [2.75, 3.05) is 32.3 Å². The van der Waals surface area contributed by atoms with Gasteiger partial charge in [0.25, 0.3) is 0 Å². The van der Waals surface area contributed by atoms with E-state index in [4.69, 9.17) is 9.47 Å². The molecule has 2 rings (SSSR count). The molecule has 128 valence electrons. The lowest BCUT2D eigenvalue weighted by molar-refractivity contribution is -0.131. The largest absolute Gasteiger partial charge is 0.497 e. The van der Waals surface area contributed by atoms with Crippen molar-refractivity contribution < 1.29 is 22.7 Å². The summed E-state index contributed by atoms with van der Waals surface area (Å²) in [7, 11) is 0.314. The Bertz CT molecular complexity index is 626. The highest BCUT2D eigenvalue weighted by atomic mass is 32.2. The molecule has 0 aromatic heterocycles. The maximum atomic E-state index is 12.1. The van der Waals surface area contributed by atoms with Crippen LogP contribution in [0.2, 0.25) is 0 Å². The third kappa shape index (κ3) is 5.13.